The van der Waals surface area contributed by atoms with E-state index in [-0.39, 0.29) is 11.5 Å². The summed E-state index contributed by atoms with van der Waals surface area (Å²) < 4.78 is 34.4. The summed E-state index contributed by atoms with van der Waals surface area (Å²) in [5.74, 6) is -0.563. The van der Waals surface area contributed by atoms with Gasteiger partial charge < -0.3 is 18.9 Å². The van der Waals surface area contributed by atoms with Crippen LogP contribution in [0.1, 0.15) is 15.9 Å². The quantitative estimate of drug-likeness (QED) is 0.231. The van der Waals surface area contributed by atoms with Crippen molar-refractivity contribution in [1.29, 1.82) is 0 Å². The molecule has 0 heterocycles. The Morgan fingerprint density at radius 2 is 1.70 bits per heavy atom. The van der Waals surface area contributed by atoms with Crippen LogP contribution in [0.2, 0.25) is 0 Å². The highest BCUT2D eigenvalue weighted by Crippen LogP contribution is 2.28. The van der Waals surface area contributed by atoms with Crippen molar-refractivity contribution in [2.24, 2.45) is 5.10 Å². The van der Waals surface area contributed by atoms with Crippen LogP contribution in [0.3, 0.4) is 0 Å². The fourth-order valence-corrected chi connectivity index (χ4v) is 2.65. The lowest BCUT2D eigenvalue weighted by Gasteiger charge is -2.10. The van der Waals surface area contributed by atoms with Gasteiger partial charge in [0.15, 0.2) is 29.7 Å². The molecule has 0 saturated heterocycles. The summed E-state index contributed by atoms with van der Waals surface area (Å²) in [4.78, 5) is 24.2. The number of benzene rings is 3. The first-order chi connectivity index (χ1) is 16.0. The maximum Gasteiger partial charge on any atom is 0.343 e. The number of hydrazone groups is 1. The number of hydrogen-bond donors (Lipinski definition) is 1. The molecular weight excluding hydrogens is 431 g/mol. The number of carbonyl (C=O) groups is 2. The molecule has 1 N–H and O–H groups in total. The Labute approximate surface area is 189 Å². The third kappa shape index (κ3) is 6.54. The van der Waals surface area contributed by atoms with Gasteiger partial charge in [0.05, 0.1) is 26.0 Å². The Bertz CT molecular complexity index is 1150. The fraction of sp³-hybridized carbons (Fsp3) is 0.125. The summed E-state index contributed by atoms with van der Waals surface area (Å²) in [6.45, 7) is -0.401. The number of amides is 1. The average molecular weight is 452 g/mol. The van der Waals surface area contributed by atoms with Crippen molar-refractivity contribution in [2.75, 3.05) is 20.8 Å². The SMILES string of the molecule is COc1ccc(C(=O)Oc2ccc(/C=N/NC(=O)COc3ccccc3F)cc2OC)cc1. The summed E-state index contributed by atoms with van der Waals surface area (Å²) >= 11 is 0. The summed E-state index contributed by atoms with van der Waals surface area (Å²) in [7, 11) is 2.97. The zero-order valence-electron chi connectivity index (χ0n) is 17.9. The molecule has 8 nitrogen and oxygen atoms in total. The molecule has 3 rings (SSSR count). The predicted octanol–water partition coefficient (Wildman–Crippen LogP) is 3.59. The number of nitrogens with zero attached hydrogens (tertiary/aromatic N) is 1. The molecule has 3 aromatic rings. The molecule has 170 valence electrons. The van der Waals surface area contributed by atoms with Gasteiger partial charge >= 0.3 is 5.97 Å². The van der Waals surface area contributed by atoms with Crippen molar-refractivity contribution in [2.45, 2.75) is 0 Å². The third-order valence-corrected chi connectivity index (χ3v) is 4.31. The number of hydrogen-bond acceptors (Lipinski definition) is 7. The fourth-order valence-electron chi connectivity index (χ4n) is 2.65. The maximum atomic E-state index is 13.5. The molecule has 0 fully saturated rings. The first-order valence-corrected chi connectivity index (χ1v) is 9.73. The van der Waals surface area contributed by atoms with Crippen molar-refractivity contribution in [3.8, 4) is 23.0 Å². The van der Waals surface area contributed by atoms with Gasteiger partial charge in [0.1, 0.15) is 5.75 Å². The summed E-state index contributed by atoms with van der Waals surface area (Å²) in [6, 6.07) is 17.0. The summed E-state index contributed by atoms with van der Waals surface area (Å²) in [5.41, 5.74) is 3.21. The zero-order valence-corrected chi connectivity index (χ0v) is 17.9. The van der Waals surface area contributed by atoms with Crippen LogP contribution in [-0.2, 0) is 4.79 Å². The number of carbonyl (C=O) groups excluding carboxylic acids is 2. The van der Waals surface area contributed by atoms with Gasteiger partial charge in [-0.3, -0.25) is 4.79 Å². The first-order valence-electron chi connectivity index (χ1n) is 9.73. The number of ether oxygens (including phenoxy) is 4. The van der Waals surface area contributed by atoms with E-state index in [2.05, 4.69) is 10.5 Å². The molecule has 33 heavy (non-hydrogen) atoms. The van der Waals surface area contributed by atoms with Crippen LogP contribution in [0, 0.1) is 5.82 Å². The molecule has 0 radical (unpaired) electrons. The number of rotatable bonds is 9. The van der Waals surface area contributed by atoms with E-state index < -0.39 is 24.3 Å². The van der Waals surface area contributed by atoms with Crippen LogP contribution in [-0.4, -0.2) is 38.9 Å². The molecule has 0 aliphatic rings. The van der Waals surface area contributed by atoms with Crippen LogP contribution in [0.15, 0.2) is 71.8 Å². The van der Waals surface area contributed by atoms with E-state index in [1.54, 1.807) is 48.5 Å². The van der Waals surface area contributed by atoms with Crippen molar-refractivity contribution < 1.29 is 32.9 Å². The zero-order chi connectivity index (χ0) is 23.6. The van der Waals surface area contributed by atoms with E-state index in [1.165, 1.54) is 38.6 Å². The molecule has 1 amide bonds. The molecule has 3 aromatic carbocycles. The van der Waals surface area contributed by atoms with Gasteiger partial charge in [-0.15, -0.1) is 0 Å². The monoisotopic (exact) mass is 452 g/mol. The van der Waals surface area contributed by atoms with Crippen molar-refractivity contribution in [1.82, 2.24) is 5.43 Å². The van der Waals surface area contributed by atoms with Crippen LogP contribution in [0.5, 0.6) is 23.0 Å². The smallest absolute Gasteiger partial charge is 0.343 e. The van der Waals surface area contributed by atoms with Gasteiger partial charge in [0.25, 0.3) is 5.91 Å². The number of para-hydroxylation sites is 1. The lowest BCUT2D eigenvalue weighted by molar-refractivity contribution is -0.123. The van der Waals surface area contributed by atoms with Crippen molar-refractivity contribution >= 4 is 18.1 Å². The van der Waals surface area contributed by atoms with E-state index in [0.717, 1.165) is 0 Å². The third-order valence-electron chi connectivity index (χ3n) is 4.31. The summed E-state index contributed by atoms with van der Waals surface area (Å²) in [6.07, 6.45) is 1.37. The normalized spacial score (nSPS) is 10.5. The van der Waals surface area contributed by atoms with E-state index >= 15 is 0 Å². The largest absolute Gasteiger partial charge is 0.497 e. The molecule has 0 unspecified atom stereocenters. The van der Waals surface area contributed by atoms with Gasteiger partial charge in [-0.05, 0) is 60.2 Å². The predicted molar refractivity (Wildman–Crippen MR) is 119 cm³/mol. The second kappa shape index (κ2) is 11.3. The van der Waals surface area contributed by atoms with E-state index in [1.807, 2.05) is 0 Å². The van der Waals surface area contributed by atoms with E-state index in [4.69, 9.17) is 18.9 Å². The molecule has 0 bridgehead atoms. The van der Waals surface area contributed by atoms with Crippen molar-refractivity contribution in [3.63, 3.8) is 0 Å². The molecule has 0 aliphatic carbocycles. The highest BCUT2D eigenvalue weighted by molar-refractivity contribution is 5.92. The highest BCUT2D eigenvalue weighted by Gasteiger charge is 2.13. The minimum atomic E-state index is -0.563. The van der Waals surface area contributed by atoms with Crippen LogP contribution in [0.4, 0.5) is 4.39 Å². The molecular formula is C24H21FN2O6. The lowest BCUT2D eigenvalue weighted by atomic mass is 10.2. The second-order valence-corrected chi connectivity index (χ2v) is 6.54. The van der Waals surface area contributed by atoms with E-state index in [0.29, 0.717) is 22.6 Å². The minimum absolute atomic E-state index is 0.0267. The van der Waals surface area contributed by atoms with Gasteiger partial charge in [-0.2, -0.15) is 5.10 Å². The van der Waals surface area contributed by atoms with Gasteiger partial charge in [0.2, 0.25) is 0 Å². The Hall–Kier alpha value is -4.40. The number of methoxy groups -OCH3 is 2. The number of esters is 1. The second-order valence-electron chi connectivity index (χ2n) is 6.54. The lowest BCUT2D eigenvalue weighted by Crippen LogP contribution is -2.24. The maximum absolute atomic E-state index is 13.5. The molecule has 0 aromatic heterocycles. The standard InChI is InChI=1S/C24H21FN2O6/c1-30-18-10-8-17(9-11-18)24(29)33-21-12-7-16(13-22(21)31-2)14-26-27-23(28)15-32-20-6-4-3-5-19(20)25/h3-14H,15H2,1-2H3,(H,27,28)/b26-14+. The Morgan fingerprint density at radius 1 is 0.939 bits per heavy atom. The van der Waals surface area contributed by atoms with Crippen LogP contribution in [0.25, 0.3) is 0 Å². The number of halogens is 1. The van der Waals surface area contributed by atoms with Gasteiger partial charge in [-0.25, -0.2) is 14.6 Å². The Morgan fingerprint density at radius 3 is 2.39 bits per heavy atom. The first kappa shape index (κ1) is 23.3. The molecule has 0 aliphatic heterocycles. The molecule has 0 spiro atoms. The minimum Gasteiger partial charge on any atom is -0.497 e. The molecule has 0 atom stereocenters. The van der Waals surface area contributed by atoms with Crippen LogP contribution >= 0.6 is 0 Å². The summed E-state index contributed by atoms with van der Waals surface area (Å²) in [5, 5.41) is 3.83. The van der Waals surface area contributed by atoms with E-state index in [9.17, 15) is 14.0 Å². The van der Waals surface area contributed by atoms with Gasteiger partial charge in [0, 0.05) is 0 Å². The number of nitrogens with one attached hydrogen (secondary N) is 1. The molecule has 9 heteroatoms. The Kier molecular flexibility index (Phi) is 7.96. The topological polar surface area (TPSA) is 95.5 Å². The van der Waals surface area contributed by atoms with Crippen molar-refractivity contribution in [3.05, 3.63) is 83.7 Å². The van der Waals surface area contributed by atoms with Crippen LogP contribution < -0.4 is 24.4 Å². The van der Waals surface area contributed by atoms with Gasteiger partial charge in [-0.1, -0.05) is 12.1 Å². The average Bonchev–Trinajstić information content (AvgIpc) is 2.84. The Balaban J connectivity index is 1.57. The highest BCUT2D eigenvalue weighted by atomic mass is 19.1. The molecule has 0 saturated carbocycles.